The van der Waals surface area contributed by atoms with Gasteiger partial charge in [-0.2, -0.15) is 0 Å². The van der Waals surface area contributed by atoms with Gasteiger partial charge in [-0.1, -0.05) is 43.6 Å². The van der Waals surface area contributed by atoms with Crippen molar-refractivity contribution in [2.45, 2.75) is 33.2 Å². The molecule has 29 heavy (non-hydrogen) atoms. The summed E-state index contributed by atoms with van der Waals surface area (Å²) in [5.41, 5.74) is 2.21. The standard InChI is InChI=1S/C23H24ClNO4/c1-13(2)11-19(26)20-21(15-6-9-17(29-4)10-7-15)25(23(28)22(20)27)16-8-5-14(3)18(24)12-16/h5-10,12-13,21,27H,11H2,1-4H3. The molecule has 2 aromatic carbocycles. The Hall–Kier alpha value is -2.79. The number of methoxy groups -OCH3 is 1. The second-order valence-corrected chi connectivity index (χ2v) is 7.97. The van der Waals surface area contributed by atoms with Crippen molar-refractivity contribution in [1.29, 1.82) is 0 Å². The van der Waals surface area contributed by atoms with E-state index in [1.807, 2.05) is 20.8 Å². The van der Waals surface area contributed by atoms with Gasteiger partial charge in [0, 0.05) is 17.1 Å². The molecule has 0 saturated carbocycles. The van der Waals surface area contributed by atoms with Gasteiger partial charge in [-0.05, 0) is 48.2 Å². The lowest BCUT2D eigenvalue weighted by atomic mass is 9.92. The highest BCUT2D eigenvalue weighted by atomic mass is 35.5. The number of benzene rings is 2. The van der Waals surface area contributed by atoms with Gasteiger partial charge in [-0.3, -0.25) is 14.5 Å². The van der Waals surface area contributed by atoms with Crippen LogP contribution in [0.1, 0.15) is 37.4 Å². The van der Waals surface area contributed by atoms with E-state index in [4.69, 9.17) is 16.3 Å². The highest BCUT2D eigenvalue weighted by Crippen LogP contribution is 2.42. The van der Waals surface area contributed by atoms with E-state index in [-0.39, 0.29) is 23.7 Å². The largest absolute Gasteiger partial charge is 0.503 e. The number of halogens is 1. The third kappa shape index (κ3) is 4.01. The lowest BCUT2D eigenvalue weighted by Gasteiger charge is -2.27. The molecule has 1 aliphatic heterocycles. The third-order valence-electron chi connectivity index (χ3n) is 4.97. The predicted molar refractivity (Wildman–Crippen MR) is 114 cm³/mol. The molecule has 1 heterocycles. The number of nitrogens with zero attached hydrogens (tertiary/aromatic N) is 1. The van der Waals surface area contributed by atoms with Gasteiger partial charge in [0.05, 0.1) is 18.7 Å². The first kappa shape index (κ1) is 20.9. The summed E-state index contributed by atoms with van der Waals surface area (Å²) in [7, 11) is 1.57. The maximum absolute atomic E-state index is 13.0. The van der Waals surface area contributed by atoms with Crippen LogP contribution in [-0.2, 0) is 9.59 Å². The summed E-state index contributed by atoms with van der Waals surface area (Å²) in [4.78, 5) is 27.4. The summed E-state index contributed by atoms with van der Waals surface area (Å²) in [5, 5.41) is 11.1. The van der Waals surface area contributed by atoms with E-state index < -0.39 is 17.7 Å². The molecule has 1 N–H and O–H groups in total. The van der Waals surface area contributed by atoms with Crippen LogP contribution in [0.25, 0.3) is 0 Å². The molecule has 1 amide bonds. The second-order valence-electron chi connectivity index (χ2n) is 7.57. The van der Waals surface area contributed by atoms with Crippen molar-refractivity contribution in [2.75, 3.05) is 12.0 Å². The third-order valence-corrected chi connectivity index (χ3v) is 5.37. The van der Waals surface area contributed by atoms with E-state index in [2.05, 4.69) is 0 Å². The van der Waals surface area contributed by atoms with Crippen molar-refractivity contribution in [3.8, 4) is 5.75 Å². The Morgan fingerprint density at radius 2 is 1.86 bits per heavy atom. The summed E-state index contributed by atoms with van der Waals surface area (Å²) in [5.74, 6) is -0.609. The lowest BCUT2D eigenvalue weighted by Crippen LogP contribution is -2.31. The van der Waals surface area contributed by atoms with Gasteiger partial charge in [0.1, 0.15) is 5.75 Å². The van der Waals surface area contributed by atoms with Crippen molar-refractivity contribution in [1.82, 2.24) is 0 Å². The fourth-order valence-electron chi connectivity index (χ4n) is 3.47. The number of rotatable bonds is 6. The lowest BCUT2D eigenvalue weighted by molar-refractivity contribution is -0.118. The quantitative estimate of drug-likeness (QED) is 0.709. The number of aliphatic hydroxyl groups excluding tert-OH is 1. The monoisotopic (exact) mass is 413 g/mol. The Bertz CT molecular complexity index is 979. The number of carbonyl (C=O) groups is 2. The van der Waals surface area contributed by atoms with Gasteiger partial charge in [0.15, 0.2) is 11.5 Å². The zero-order chi connectivity index (χ0) is 21.3. The first-order chi connectivity index (χ1) is 13.7. The van der Waals surface area contributed by atoms with Crippen LogP contribution in [0.4, 0.5) is 5.69 Å². The van der Waals surface area contributed by atoms with E-state index in [0.29, 0.717) is 22.0 Å². The molecule has 1 aliphatic rings. The predicted octanol–water partition coefficient (Wildman–Crippen LogP) is 5.17. The molecule has 0 radical (unpaired) electrons. The number of anilines is 1. The molecule has 5 nitrogen and oxygen atoms in total. The maximum atomic E-state index is 13.0. The molecule has 0 spiro atoms. The number of ketones is 1. The van der Waals surface area contributed by atoms with Gasteiger partial charge in [0.2, 0.25) is 0 Å². The molecular weight excluding hydrogens is 390 g/mol. The van der Waals surface area contributed by atoms with Gasteiger partial charge >= 0.3 is 0 Å². The number of aliphatic hydroxyl groups is 1. The number of ether oxygens (including phenoxy) is 1. The number of Topliss-reactive ketones (excluding diaryl/α,β-unsaturated/α-hetero) is 1. The average Bonchev–Trinajstić information content (AvgIpc) is 2.95. The van der Waals surface area contributed by atoms with E-state index >= 15 is 0 Å². The zero-order valence-corrected chi connectivity index (χ0v) is 17.7. The summed E-state index contributed by atoms with van der Waals surface area (Å²) >= 11 is 6.28. The van der Waals surface area contributed by atoms with E-state index in [9.17, 15) is 14.7 Å². The SMILES string of the molecule is COc1ccc(C2C(C(=O)CC(C)C)=C(O)C(=O)N2c2ccc(C)c(Cl)c2)cc1. The molecule has 152 valence electrons. The zero-order valence-electron chi connectivity index (χ0n) is 16.9. The molecule has 0 bridgehead atoms. The summed E-state index contributed by atoms with van der Waals surface area (Å²) in [6.07, 6.45) is 0.238. The van der Waals surface area contributed by atoms with Crippen LogP contribution in [-0.4, -0.2) is 23.9 Å². The Morgan fingerprint density at radius 1 is 1.21 bits per heavy atom. The first-order valence-electron chi connectivity index (χ1n) is 9.44. The van der Waals surface area contributed by atoms with Gasteiger partial charge in [-0.15, -0.1) is 0 Å². The highest BCUT2D eigenvalue weighted by molar-refractivity contribution is 6.31. The van der Waals surface area contributed by atoms with Crippen LogP contribution in [0.3, 0.4) is 0 Å². The summed E-state index contributed by atoms with van der Waals surface area (Å²) in [6.45, 7) is 5.71. The minimum absolute atomic E-state index is 0.0947. The topological polar surface area (TPSA) is 66.8 Å². The van der Waals surface area contributed by atoms with Crippen LogP contribution in [0.5, 0.6) is 5.75 Å². The van der Waals surface area contributed by atoms with Crippen molar-refractivity contribution in [3.63, 3.8) is 0 Å². The molecule has 3 rings (SSSR count). The Kier molecular flexibility index (Phi) is 5.99. The molecule has 0 fully saturated rings. The number of carbonyl (C=O) groups excluding carboxylic acids is 2. The van der Waals surface area contributed by atoms with Crippen molar-refractivity contribution < 1.29 is 19.4 Å². The number of aryl methyl sites for hydroxylation is 1. The summed E-state index contributed by atoms with van der Waals surface area (Å²) in [6, 6.07) is 11.6. The van der Waals surface area contributed by atoms with Crippen LogP contribution < -0.4 is 9.64 Å². The molecule has 1 unspecified atom stereocenters. The second kappa shape index (κ2) is 8.29. The van der Waals surface area contributed by atoms with E-state index in [1.165, 1.54) is 4.90 Å². The van der Waals surface area contributed by atoms with Crippen molar-refractivity contribution in [3.05, 3.63) is 69.9 Å². The van der Waals surface area contributed by atoms with Crippen molar-refractivity contribution >= 4 is 29.0 Å². The average molecular weight is 414 g/mol. The minimum atomic E-state index is -0.738. The van der Waals surface area contributed by atoms with Crippen molar-refractivity contribution in [2.24, 2.45) is 5.92 Å². The molecule has 0 aromatic heterocycles. The smallest absolute Gasteiger partial charge is 0.294 e. The highest BCUT2D eigenvalue weighted by Gasteiger charge is 2.44. The van der Waals surface area contributed by atoms with Gasteiger partial charge < -0.3 is 9.84 Å². The van der Waals surface area contributed by atoms with Crippen LogP contribution in [0, 0.1) is 12.8 Å². The molecule has 2 aromatic rings. The first-order valence-corrected chi connectivity index (χ1v) is 9.82. The minimum Gasteiger partial charge on any atom is -0.503 e. The molecular formula is C23H24ClNO4. The summed E-state index contributed by atoms with van der Waals surface area (Å²) < 4.78 is 5.22. The van der Waals surface area contributed by atoms with Crippen LogP contribution in [0.15, 0.2) is 53.8 Å². The molecule has 0 aliphatic carbocycles. The van der Waals surface area contributed by atoms with Gasteiger partial charge in [0.25, 0.3) is 5.91 Å². The molecule has 1 atom stereocenters. The molecule has 0 saturated heterocycles. The Balaban J connectivity index is 2.15. The molecule has 6 heteroatoms. The maximum Gasteiger partial charge on any atom is 0.294 e. The normalized spacial score (nSPS) is 16.7. The number of amides is 1. The van der Waals surface area contributed by atoms with Gasteiger partial charge in [-0.25, -0.2) is 0 Å². The Morgan fingerprint density at radius 3 is 2.41 bits per heavy atom. The fraction of sp³-hybridized carbons (Fsp3) is 0.304. The Labute approximate surface area is 175 Å². The number of hydrogen-bond acceptors (Lipinski definition) is 4. The van der Waals surface area contributed by atoms with Crippen LogP contribution in [0.2, 0.25) is 5.02 Å². The van der Waals surface area contributed by atoms with E-state index in [0.717, 1.165) is 5.56 Å². The van der Waals surface area contributed by atoms with E-state index in [1.54, 1.807) is 49.6 Å². The number of hydrogen-bond donors (Lipinski definition) is 1. The fourth-order valence-corrected chi connectivity index (χ4v) is 3.65. The van der Waals surface area contributed by atoms with Crippen LogP contribution >= 0.6 is 11.6 Å².